The molecule has 0 aromatic heterocycles. The lowest BCUT2D eigenvalue weighted by Crippen LogP contribution is -2.21. The number of carbonyl (C=O) groups excluding carboxylic acids is 1. The molecule has 1 fully saturated rings. The van der Waals surface area contributed by atoms with Crippen molar-refractivity contribution >= 4 is 5.78 Å². The molecule has 1 nitrogen and oxygen atoms in total. The van der Waals surface area contributed by atoms with Gasteiger partial charge in [-0.25, -0.2) is 0 Å². The highest BCUT2D eigenvalue weighted by molar-refractivity contribution is 5.81. The molecule has 0 amide bonds. The molecule has 1 aliphatic rings. The molecule has 1 rings (SSSR count). The van der Waals surface area contributed by atoms with Crippen molar-refractivity contribution in [2.75, 3.05) is 0 Å². The van der Waals surface area contributed by atoms with Crippen LogP contribution in [0.4, 0.5) is 0 Å². The lowest BCUT2D eigenvalue weighted by molar-refractivity contribution is -0.125. The van der Waals surface area contributed by atoms with Gasteiger partial charge in [-0.2, -0.15) is 0 Å². The third-order valence-electron chi connectivity index (χ3n) is 4.93. The number of Topliss-reactive ketones (excluding diaryl/α,β-unsaturated/α-hetero) is 1. The molecule has 1 heteroatoms. The number of hydrogen-bond donors (Lipinski definition) is 0. The zero-order valence-corrected chi connectivity index (χ0v) is 15.4. The largest absolute Gasteiger partial charge is 0.299 e. The summed E-state index contributed by atoms with van der Waals surface area (Å²) in [6.07, 6.45) is 27.5. The van der Waals surface area contributed by atoms with Gasteiger partial charge in [-0.05, 0) is 51.4 Å². The quantitative estimate of drug-likeness (QED) is 0.231. The van der Waals surface area contributed by atoms with Gasteiger partial charge in [-0.1, -0.05) is 69.8 Å². The van der Waals surface area contributed by atoms with Gasteiger partial charge < -0.3 is 0 Å². The fraction of sp³-hybridized carbons (Fsp3) is 0.773. The molecule has 0 N–H and O–H groups in total. The van der Waals surface area contributed by atoms with Gasteiger partial charge in [0.1, 0.15) is 5.78 Å². The minimum Gasteiger partial charge on any atom is -0.299 e. The minimum absolute atomic E-state index is 0.445. The van der Waals surface area contributed by atoms with Gasteiger partial charge in [0.2, 0.25) is 0 Å². The molecule has 0 radical (unpaired) electrons. The van der Waals surface area contributed by atoms with Crippen LogP contribution < -0.4 is 0 Å². The van der Waals surface area contributed by atoms with Gasteiger partial charge in [0, 0.05) is 12.3 Å². The molecule has 1 saturated carbocycles. The van der Waals surface area contributed by atoms with Crippen LogP contribution >= 0.6 is 0 Å². The summed E-state index contributed by atoms with van der Waals surface area (Å²) in [6, 6.07) is 0. The molecule has 1 aliphatic carbocycles. The number of ketones is 1. The van der Waals surface area contributed by atoms with Gasteiger partial charge in [0.15, 0.2) is 0 Å². The Morgan fingerprint density at radius 1 is 0.826 bits per heavy atom. The Morgan fingerprint density at radius 3 is 2.04 bits per heavy atom. The van der Waals surface area contributed by atoms with Crippen LogP contribution in [0.5, 0.6) is 0 Å². The Bertz CT molecular complexity index is 336. The maximum atomic E-state index is 11.7. The van der Waals surface area contributed by atoms with Crippen LogP contribution in [0, 0.1) is 5.92 Å². The summed E-state index contributed by atoms with van der Waals surface area (Å²) in [5.41, 5.74) is 0. The SMILES string of the molecule is CCCCC/C=C\C/C=C\CCCCCCCC(=O)C1CCC1. The van der Waals surface area contributed by atoms with E-state index in [4.69, 9.17) is 0 Å². The summed E-state index contributed by atoms with van der Waals surface area (Å²) in [5.74, 6) is 0.989. The second kappa shape index (κ2) is 14.7. The summed E-state index contributed by atoms with van der Waals surface area (Å²) in [6.45, 7) is 2.25. The van der Waals surface area contributed by atoms with Crippen LogP contribution in [0.3, 0.4) is 0 Å². The van der Waals surface area contributed by atoms with Crippen molar-refractivity contribution in [3.05, 3.63) is 24.3 Å². The first kappa shape index (κ1) is 20.2. The summed E-state index contributed by atoms with van der Waals surface area (Å²) < 4.78 is 0. The van der Waals surface area contributed by atoms with E-state index in [1.54, 1.807) is 0 Å². The highest BCUT2D eigenvalue weighted by Crippen LogP contribution is 2.28. The summed E-state index contributed by atoms with van der Waals surface area (Å²) >= 11 is 0. The molecular weight excluding hydrogens is 280 g/mol. The van der Waals surface area contributed by atoms with Gasteiger partial charge in [-0.15, -0.1) is 0 Å². The maximum absolute atomic E-state index is 11.7. The summed E-state index contributed by atoms with van der Waals surface area (Å²) in [5, 5.41) is 0. The van der Waals surface area contributed by atoms with Crippen molar-refractivity contribution in [2.45, 2.75) is 103 Å². The fourth-order valence-corrected chi connectivity index (χ4v) is 3.05. The Balaban J connectivity index is 1.78. The fourth-order valence-electron chi connectivity index (χ4n) is 3.05. The van der Waals surface area contributed by atoms with E-state index in [0.29, 0.717) is 11.7 Å². The summed E-state index contributed by atoms with van der Waals surface area (Å²) in [4.78, 5) is 11.7. The molecule has 0 aromatic carbocycles. The lowest BCUT2D eigenvalue weighted by Gasteiger charge is -2.23. The van der Waals surface area contributed by atoms with Gasteiger partial charge in [-0.3, -0.25) is 4.79 Å². The zero-order chi connectivity index (χ0) is 16.6. The second-order valence-corrected chi connectivity index (χ2v) is 7.07. The lowest BCUT2D eigenvalue weighted by atomic mass is 9.80. The first-order chi connectivity index (χ1) is 11.3. The highest BCUT2D eigenvalue weighted by Gasteiger charge is 2.23. The van der Waals surface area contributed by atoms with E-state index < -0.39 is 0 Å². The number of carbonyl (C=O) groups is 1. The molecule has 0 spiro atoms. The molecule has 0 heterocycles. The molecule has 0 aromatic rings. The topological polar surface area (TPSA) is 17.1 Å². The Labute approximate surface area is 144 Å². The van der Waals surface area contributed by atoms with Crippen LogP contribution in [-0.2, 0) is 4.79 Å². The zero-order valence-electron chi connectivity index (χ0n) is 15.4. The third-order valence-corrected chi connectivity index (χ3v) is 4.93. The molecule has 132 valence electrons. The monoisotopic (exact) mass is 318 g/mol. The van der Waals surface area contributed by atoms with E-state index in [1.165, 1.54) is 77.0 Å². The molecule has 0 atom stereocenters. The van der Waals surface area contributed by atoms with Crippen LogP contribution in [0.1, 0.15) is 103 Å². The van der Waals surface area contributed by atoms with Crippen molar-refractivity contribution in [1.82, 2.24) is 0 Å². The average Bonchev–Trinajstić information content (AvgIpc) is 2.49. The van der Waals surface area contributed by atoms with Crippen LogP contribution in [0.25, 0.3) is 0 Å². The number of rotatable bonds is 15. The minimum atomic E-state index is 0.445. The summed E-state index contributed by atoms with van der Waals surface area (Å²) in [7, 11) is 0. The van der Waals surface area contributed by atoms with Gasteiger partial charge >= 0.3 is 0 Å². The van der Waals surface area contributed by atoms with Crippen molar-refractivity contribution in [3.63, 3.8) is 0 Å². The number of unbranched alkanes of at least 4 members (excludes halogenated alkanes) is 8. The van der Waals surface area contributed by atoms with Crippen LogP contribution in [0.2, 0.25) is 0 Å². The van der Waals surface area contributed by atoms with E-state index in [2.05, 4.69) is 31.2 Å². The Hall–Kier alpha value is -0.850. The number of allylic oxidation sites excluding steroid dienone is 4. The Kier molecular flexibility index (Phi) is 12.9. The van der Waals surface area contributed by atoms with E-state index in [9.17, 15) is 4.79 Å². The molecule has 0 bridgehead atoms. The third kappa shape index (κ3) is 11.3. The van der Waals surface area contributed by atoms with Crippen molar-refractivity contribution in [3.8, 4) is 0 Å². The van der Waals surface area contributed by atoms with E-state index in [0.717, 1.165) is 19.3 Å². The van der Waals surface area contributed by atoms with E-state index >= 15 is 0 Å². The highest BCUT2D eigenvalue weighted by atomic mass is 16.1. The molecule has 0 unspecified atom stereocenters. The van der Waals surface area contributed by atoms with Crippen LogP contribution in [0.15, 0.2) is 24.3 Å². The first-order valence-electron chi connectivity index (χ1n) is 10.2. The normalized spacial score (nSPS) is 15.5. The van der Waals surface area contributed by atoms with Gasteiger partial charge in [0.05, 0.1) is 0 Å². The first-order valence-corrected chi connectivity index (χ1v) is 10.2. The predicted molar refractivity (Wildman–Crippen MR) is 102 cm³/mol. The van der Waals surface area contributed by atoms with Crippen molar-refractivity contribution < 1.29 is 4.79 Å². The van der Waals surface area contributed by atoms with Crippen molar-refractivity contribution in [1.29, 1.82) is 0 Å². The van der Waals surface area contributed by atoms with E-state index in [1.807, 2.05) is 0 Å². The van der Waals surface area contributed by atoms with Gasteiger partial charge in [0.25, 0.3) is 0 Å². The predicted octanol–water partition coefficient (Wildman–Crippen LogP) is 7.17. The molecule has 23 heavy (non-hydrogen) atoms. The second-order valence-electron chi connectivity index (χ2n) is 7.07. The van der Waals surface area contributed by atoms with Crippen LogP contribution in [-0.4, -0.2) is 5.78 Å². The van der Waals surface area contributed by atoms with E-state index in [-0.39, 0.29) is 0 Å². The molecule has 0 aliphatic heterocycles. The maximum Gasteiger partial charge on any atom is 0.135 e. The smallest absolute Gasteiger partial charge is 0.135 e. The Morgan fingerprint density at radius 2 is 1.43 bits per heavy atom. The molecular formula is C22H38O. The average molecular weight is 319 g/mol. The molecule has 0 saturated heterocycles. The number of hydrogen-bond acceptors (Lipinski definition) is 1. The van der Waals surface area contributed by atoms with Crippen molar-refractivity contribution in [2.24, 2.45) is 5.92 Å². The standard InChI is InChI=1S/C22H38O/c1-2-3-4-5-6-7-8-9-10-11-12-13-14-15-16-20-22(23)21-18-17-19-21/h6-7,9-10,21H,2-5,8,11-20H2,1H3/b7-6-,10-9-.